The van der Waals surface area contributed by atoms with Crippen LogP contribution in [0.5, 0.6) is 0 Å². The van der Waals surface area contributed by atoms with E-state index in [1.54, 1.807) is 30.3 Å². The highest BCUT2D eigenvalue weighted by Crippen LogP contribution is 2.21. The van der Waals surface area contributed by atoms with Crippen molar-refractivity contribution in [1.82, 2.24) is 20.9 Å². The van der Waals surface area contributed by atoms with Gasteiger partial charge in [-0.3, -0.25) is 28.8 Å². The molecule has 7 N–H and O–H groups in total. The maximum absolute atomic E-state index is 13.9. The number of amides is 4. The molecule has 52 heavy (non-hydrogen) atoms. The first-order valence-corrected chi connectivity index (χ1v) is 16.4. The van der Waals surface area contributed by atoms with Gasteiger partial charge < -0.3 is 36.5 Å². The quantitative estimate of drug-likeness (QED) is 0.0820. The Balaban J connectivity index is 1.38. The van der Waals surface area contributed by atoms with Crippen LogP contribution in [-0.2, 0) is 30.4 Å². The fraction of sp³-hybridized carbons (Fsp3) is 0.189. The molecule has 1 aromatic heterocycles. The number of carbonyl (C=O) groups excluding carboxylic acids is 4. The second-order valence-electron chi connectivity index (χ2n) is 12.0. The maximum Gasteiger partial charge on any atom is 0.305 e. The molecule has 1 heterocycles. The van der Waals surface area contributed by atoms with Gasteiger partial charge in [0.1, 0.15) is 29.6 Å². The van der Waals surface area contributed by atoms with Gasteiger partial charge in [-0.15, -0.1) is 0 Å². The van der Waals surface area contributed by atoms with E-state index in [1.807, 2.05) is 36.4 Å². The number of H-pyrrole nitrogens is 1. The Labute approximate surface area is 300 Å². The molecule has 3 atom stereocenters. The van der Waals surface area contributed by atoms with E-state index in [1.165, 1.54) is 12.1 Å². The molecule has 4 amide bonds. The van der Waals surface area contributed by atoms with Gasteiger partial charge in [0.2, 0.25) is 17.7 Å². The molecule has 13 nitrogen and oxygen atoms in total. The van der Waals surface area contributed by atoms with Gasteiger partial charge >= 0.3 is 11.9 Å². The zero-order valence-corrected chi connectivity index (χ0v) is 28.1. The van der Waals surface area contributed by atoms with Gasteiger partial charge in [0.25, 0.3) is 5.91 Å². The lowest BCUT2D eigenvalue weighted by Crippen LogP contribution is -2.57. The molecule has 5 rings (SSSR count). The first-order chi connectivity index (χ1) is 24.8. The molecule has 5 aromatic rings. The molecule has 0 radical (unpaired) electrons. The Morgan fingerprint density at radius 1 is 0.692 bits per heavy atom. The van der Waals surface area contributed by atoms with E-state index in [-0.39, 0.29) is 17.8 Å². The van der Waals surface area contributed by atoms with Crippen molar-refractivity contribution in [1.29, 1.82) is 0 Å². The third-order valence-corrected chi connectivity index (χ3v) is 8.34. The van der Waals surface area contributed by atoms with Crippen LogP contribution in [0.25, 0.3) is 21.7 Å². The van der Waals surface area contributed by atoms with E-state index in [0.29, 0.717) is 21.5 Å². The zero-order chi connectivity index (χ0) is 37.4. The summed E-state index contributed by atoms with van der Waals surface area (Å²) in [5.41, 5.74) is 1.53. The smallest absolute Gasteiger partial charge is 0.305 e. The zero-order valence-electron chi connectivity index (χ0n) is 27.3. The normalized spacial score (nSPS) is 12.7. The van der Waals surface area contributed by atoms with Crippen molar-refractivity contribution in [3.05, 3.63) is 113 Å². The second-order valence-corrected chi connectivity index (χ2v) is 12.4. The molecule has 0 fully saturated rings. The van der Waals surface area contributed by atoms with E-state index < -0.39 is 78.8 Å². The van der Waals surface area contributed by atoms with Crippen molar-refractivity contribution >= 4 is 74.5 Å². The number of carboxylic acids is 2. The monoisotopic (exact) mass is 729 g/mol. The summed E-state index contributed by atoms with van der Waals surface area (Å²) in [6.07, 6.45) is -1.91. The van der Waals surface area contributed by atoms with Crippen LogP contribution in [0.1, 0.15) is 35.3 Å². The van der Waals surface area contributed by atoms with Gasteiger partial charge in [0.15, 0.2) is 0 Å². The predicted molar refractivity (Wildman–Crippen MR) is 190 cm³/mol. The number of hydrogen-bond acceptors (Lipinski definition) is 6. The molecule has 0 aliphatic rings. The Morgan fingerprint density at radius 2 is 1.38 bits per heavy atom. The van der Waals surface area contributed by atoms with Crippen molar-refractivity contribution in [2.75, 3.05) is 5.32 Å². The summed E-state index contributed by atoms with van der Waals surface area (Å²) in [7, 11) is 0. The van der Waals surface area contributed by atoms with Gasteiger partial charge in [-0.2, -0.15) is 0 Å². The summed E-state index contributed by atoms with van der Waals surface area (Å²) in [5.74, 6) is -6.83. The van der Waals surface area contributed by atoms with E-state index in [4.69, 9.17) is 11.6 Å². The summed E-state index contributed by atoms with van der Waals surface area (Å²) in [4.78, 5) is 80.1. The second kappa shape index (κ2) is 16.6. The van der Waals surface area contributed by atoms with Crippen LogP contribution in [0.15, 0.2) is 91.0 Å². The number of fused-ring (bicyclic) bond motifs is 2. The number of carboxylic acid groups (broad SMARTS) is 2. The highest BCUT2D eigenvalue weighted by Gasteiger charge is 2.32. The lowest BCUT2D eigenvalue weighted by Gasteiger charge is -2.24. The lowest BCUT2D eigenvalue weighted by molar-refractivity contribution is -0.141. The van der Waals surface area contributed by atoms with Crippen LogP contribution in [0.2, 0.25) is 5.02 Å². The third-order valence-electron chi connectivity index (χ3n) is 8.11. The molecule has 268 valence electrons. The summed E-state index contributed by atoms with van der Waals surface area (Å²) in [6.45, 7) is 0. The van der Waals surface area contributed by atoms with E-state index in [0.717, 1.165) is 22.9 Å². The SMILES string of the molecule is O=C(O)CC[C@H](NC(=O)[C@H](CC(=O)O)NC(=O)[C@H](Cc1ccc2ccccc2c1)NC(=O)c1cc2cc(Cl)ccc2[nH]1)C(=O)Nc1ccc(F)cc1. The summed E-state index contributed by atoms with van der Waals surface area (Å²) in [6, 6.07) is 19.6. The average Bonchev–Trinajstić information content (AvgIpc) is 3.53. The lowest BCUT2D eigenvalue weighted by atomic mass is 10.0. The average molecular weight is 730 g/mol. The molecule has 0 spiro atoms. The predicted octanol–water partition coefficient (Wildman–Crippen LogP) is 4.40. The van der Waals surface area contributed by atoms with Gasteiger partial charge in [-0.05, 0) is 71.3 Å². The molecule has 0 bridgehead atoms. The Bertz CT molecular complexity index is 2160. The maximum atomic E-state index is 13.9. The molecular weight excluding hydrogens is 697 g/mol. The van der Waals surface area contributed by atoms with Crippen molar-refractivity contribution < 1.29 is 43.4 Å². The van der Waals surface area contributed by atoms with Gasteiger partial charge in [0, 0.05) is 34.5 Å². The summed E-state index contributed by atoms with van der Waals surface area (Å²) in [5, 5.41) is 31.6. The molecule has 4 aromatic carbocycles. The van der Waals surface area contributed by atoms with Crippen LogP contribution in [0, 0.1) is 5.82 Å². The number of carbonyl (C=O) groups is 6. The van der Waals surface area contributed by atoms with Crippen LogP contribution in [0.3, 0.4) is 0 Å². The number of anilines is 1. The number of benzene rings is 4. The Morgan fingerprint density at radius 3 is 2.10 bits per heavy atom. The van der Waals surface area contributed by atoms with Gasteiger partial charge in [0.05, 0.1) is 6.42 Å². The molecule has 0 aliphatic heterocycles. The minimum Gasteiger partial charge on any atom is -0.481 e. The van der Waals surface area contributed by atoms with Crippen LogP contribution < -0.4 is 21.3 Å². The van der Waals surface area contributed by atoms with Crippen LogP contribution >= 0.6 is 11.6 Å². The molecule has 0 saturated heterocycles. The highest BCUT2D eigenvalue weighted by atomic mass is 35.5. The number of rotatable bonds is 15. The minimum absolute atomic E-state index is 0.0583. The van der Waals surface area contributed by atoms with Gasteiger partial charge in [-0.1, -0.05) is 54.1 Å². The number of aromatic nitrogens is 1. The number of nitrogens with one attached hydrogen (secondary N) is 5. The summed E-state index contributed by atoms with van der Waals surface area (Å²) < 4.78 is 13.4. The number of halogens is 2. The Kier molecular flexibility index (Phi) is 11.8. The summed E-state index contributed by atoms with van der Waals surface area (Å²) >= 11 is 6.09. The van der Waals surface area contributed by atoms with E-state index >= 15 is 0 Å². The third kappa shape index (κ3) is 9.91. The topological polar surface area (TPSA) is 207 Å². The van der Waals surface area contributed by atoms with Crippen molar-refractivity contribution in [2.24, 2.45) is 0 Å². The largest absolute Gasteiger partial charge is 0.481 e. The fourth-order valence-corrected chi connectivity index (χ4v) is 5.68. The first kappa shape index (κ1) is 37.0. The first-order valence-electron chi connectivity index (χ1n) is 16.0. The number of aliphatic carboxylic acids is 2. The van der Waals surface area contributed by atoms with E-state index in [9.17, 15) is 43.4 Å². The van der Waals surface area contributed by atoms with Crippen molar-refractivity contribution in [2.45, 2.75) is 43.8 Å². The molecule has 0 aliphatic carbocycles. The van der Waals surface area contributed by atoms with E-state index in [2.05, 4.69) is 26.3 Å². The standard InChI is InChI=1S/C37H33ClFN5O8/c38-24-7-12-27-23(17-24)18-30(41-27)36(51)43-29(16-20-5-6-21-3-1-2-4-22(21)15-20)35(50)44-31(19-33(47)48)37(52)42-28(13-14-32(45)46)34(49)40-26-10-8-25(39)9-11-26/h1-12,15,17-18,28-29,31,41H,13-14,16,19H2,(H,40,49)(H,42,52)(H,43,51)(H,44,50)(H,45,46)(H,47,48)/t28-,29-,31-/m0/s1. The van der Waals surface area contributed by atoms with Crippen molar-refractivity contribution in [3.63, 3.8) is 0 Å². The molecule has 0 saturated carbocycles. The minimum atomic E-state index is -1.75. The van der Waals surface area contributed by atoms with Gasteiger partial charge in [-0.25, -0.2) is 4.39 Å². The van der Waals surface area contributed by atoms with Crippen LogP contribution in [-0.4, -0.2) is 68.9 Å². The Hall–Kier alpha value is -6.28. The number of hydrogen-bond donors (Lipinski definition) is 7. The molecule has 0 unspecified atom stereocenters. The van der Waals surface area contributed by atoms with Crippen molar-refractivity contribution in [3.8, 4) is 0 Å². The highest BCUT2D eigenvalue weighted by molar-refractivity contribution is 6.31. The molecule has 15 heteroatoms. The van der Waals surface area contributed by atoms with Crippen LogP contribution in [0.4, 0.5) is 10.1 Å². The molecular formula is C37H33ClFN5O8. The fourth-order valence-electron chi connectivity index (χ4n) is 5.50. The number of aromatic amines is 1.